The quantitative estimate of drug-likeness (QED) is 0.813. The van der Waals surface area contributed by atoms with E-state index in [1.807, 2.05) is 19.2 Å². The zero-order valence-electron chi connectivity index (χ0n) is 11.1. The van der Waals surface area contributed by atoms with Crippen molar-refractivity contribution in [2.45, 2.75) is 6.54 Å². The lowest BCUT2D eigenvalue weighted by Gasteiger charge is -2.15. The van der Waals surface area contributed by atoms with Crippen LogP contribution in [0.15, 0.2) is 31.9 Å². The predicted molar refractivity (Wildman–Crippen MR) is 77.5 cm³/mol. The van der Waals surface area contributed by atoms with Crippen molar-refractivity contribution in [2.75, 3.05) is 33.9 Å². The van der Waals surface area contributed by atoms with Gasteiger partial charge >= 0.3 is 5.76 Å². The van der Waals surface area contributed by atoms with Crippen molar-refractivity contribution in [3.63, 3.8) is 0 Å². The van der Waals surface area contributed by atoms with Gasteiger partial charge in [-0.25, -0.2) is 4.79 Å². The van der Waals surface area contributed by atoms with Crippen LogP contribution in [-0.4, -0.2) is 43.3 Å². The van der Waals surface area contributed by atoms with E-state index >= 15 is 0 Å². The molecule has 0 radical (unpaired) electrons. The van der Waals surface area contributed by atoms with Crippen LogP contribution in [0.4, 0.5) is 0 Å². The normalized spacial score (nSPS) is 11.6. The standard InChI is InChI=1S/C13H17BrN2O3/c1-15(7-8-18-2)5-6-16-11-9-10(14)3-4-12(11)19-13(16)17/h3-4,9H,5-8H2,1-2H3. The molecule has 1 aromatic heterocycles. The number of benzene rings is 1. The topological polar surface area (TPSA) is 47.6 Å². The number of methoxy groups -OCH3 is 1. The second kappa shape index (κ2) is 6.36. The van der Waals surface area contributed by atoms with E-state index in [4.69, 9.17) is 9.15 Å². The zero-order valence-corrected chi connectivity index (χ0v) is 12.6. The third-order valence-electron chi connectivity index (χ3n) is 3.01. The first kappa shape index (κ1) is 14.3. The summed E-state index contributed by atoms with van der Waals surface area (Å²) in [4.78, 5) is 13.9. The third kappa shape index (κ3) is 3.46. The van der Waals surface area contributed by atoms with Crippen molar-refractivity contribution in [3.8, 4) is 0 Å². The van der Waals surface area contributed by atoms with Crippen LogP contribution < -0.4 is 5.76 Å². The van der Waals surface area contributed by atoms with Crippen LogP contribution in [0.2, 0.25) is 0 Å². The average Bonchev–Trinajstić information content (AvgIpc) is 2.69. The number of aromatic nitrogens is 1. The fourth-order valence-electron chi connectivity index (χ4n) is 1.88. The Morgan fingerprint density at radius 1 is 1.42 bits per heavy atom. The highest BCUT2D eigenvalue weighted by Crippen LogP contribution is 2.18. The predicted octanol–water partition coefficient (Wildman–Crippen LogP) is 1.94. The number of likely N-dealkylation sites (N-methyl/N-ethyl adjacent to an activating group) is 1. The molecule has 2 rings (SSSR count). The fourth-order valence-corrected chi connectivity index (χ4v) is 2.23. The van der Waals surface area contributed by atoms with Crippen LogP contribution >= 0.6 is 15.9 Å². The van der Waals surface area contributed by atoms with Crippen molar-refractivity contribution >= 4 is 27.0 Å². The van der Waals surface area contributed by atoms with Gasteiger partial charge in [0.15, 0.2) is 5.58 Å². The van der Waals surface area contributed by atoms with Crippen LogP contribution in [0, 0.1) is 0 Å². The number of oxazole rings is 1. The molecule has 5 nitrogen and oxygen atoms in total. The molecule has 0 saturated heterocycles. The van der Waals surface area contributed by atoms with Crippen molar-refractivity contribution in [2.24, 2.45) is 0 Å². The molecule has 2 aromatic rings. The lowest BCUT2D eigenvalue weighted by atomic mass is 10.3. The molecule has 1 heterocycles. The third-order valence-corrected chi connectivity index (χ3v) is 3.51. The summed E-state index contributed by atoms with van der Waals surface area (Å²) in [6, 6.07) is 5.56. The van der Waals surface area contributed by atoms with E-state index in [1.165, 1.54) is 0 Å². The molecule has 0 spiro atoms. The Morgan fingerprint density at radius 2 is 2.21 bits per heavy atom. The van der Waals surface area contributed by atoms with Crippen molar-refractivity contribution in [1.29, 1.82) is 0 Å². The van der Waals surface area contributed by atoms with Crippen molar-refractivity contribution in [3.05, 3.63) is 33.2 Å². The summed E-state index contributed by atoms with van der Waals surface area (Å²) in [5.41, 5.74) is 1.44. The summed E-state index contributed by atoms with van der Waals surface area (Å²) in [6.07, 6.45) is 0. The molecule has 0 aliphatic heterocycles. The number of ether oxygens (including phenoxy) is 1. The fraction of sp³-hybridized carbons (Fsp3) is 0.462. The summed E-state index contributed by atoms with van der Waals surface area (Å²) in [7, 11) is 3.68. The Hall–Kier alpha value is -1.11. The Labute approximate surface area is 119 Å². The molecule has 0 N–H and O–H groups in total. The van der Waals surface area contributed by atoms with Crippen molar-refractivity contribution < 1.29 is 9.15 Å². The Balaban J connectivity index is 2.14. The monoisotopic (exact) mass is 328 g/mol. The van der Waals surface area contributed by atoms with Gasteiger partial charge in [0.1, 0.15) is 0 Å². The summed E-state index contributed by atoms with van der Waals surface area (Å²) in [5.74, 6) is -0.312. The molecule has 0 amide bonds. The van der Waals surface area contributed by atoms with E-state index in [1.54, 1.807) is 17.7 Å². The minimum Gasteiger partial charge on any atom is -0.408 e. The summed E-state index contributed by atoms with van der Waals surface area (Å²) >= 11 is 3.41. The number of hydrogen-bond donors (Lipinski definition) is 0. The second-order valence-corrected chi connectivity index (χ2v) is 5.34. The minimum absolute atomic E-state index is 0.312. The Bertz CT molecular complexity index is 605. The smallest absolute Gasteiger partial charge is 0.408 e. The zero-order chi connectivity index (χ0) is 13.8. The Morgan fingerprint density at radius 3 is 2.95 bits per heavy atom. The molecule has 0 saturated carbocycles. The van der Waals surface area contributed by atoms with Crippen LogP contribution in [-0.2, 0) is 11.3 Å². The largest absolute Gasteiger partial charge is 0.419 e. The highest BCUT2D eigenvalue weighted by atomic mass is 79.9. The molecule has 0 fully saturated rings. The SMILES string of the molecule is COCCN(C)CCn1c(=O)oc2ccc(Br)cc21. The van der Waals surface area contributed by atoms with Crippen LogP contribution in [0.5, 0.6) is 0 Å². The van der Waals surface area contributed by atoms with Gasteiger partial charge in [-0.2, -0.15) is 0 Å². The molecule has 0 aliphatic rings. The van der Waals surface area contributed by atoms with E-state index in [2.05, 4.69) is 20.8 Å². The van der Waals surface area contributed by atoms with Gasteiger partial charge in [0.25, 0.3) is 0 Å². The highest BCUT2D eigenvalue weighted by Gasteiger charge is 2.10. The molecule has 19 heavy (non-hydrogen) atoms. The van der Waals surface area contributed by atoms with E-state index in [0.717, 1.165) is 23.1 Å². The lowest BCUT2D eigenvalue weighted by Crippen LogP contribution is -2.29. The summed E-state index contributed by atoms with van der Waals surface area (Å²) in [5, 5.41) is 0. The van der Waals surface area contributed by atoms with Crippen molar-refractivity contribution in [1.82, 2.24) is 9.47 Å². The minimum atomic E-state index is -0.312. The van der Waals surface area contributed by atoms with Crippen LogP contribution in [0.1, 0.15) is 0 Å². The number of halogens is 1. The lowest BCUT2D eigenvalue weighted by molar-refractivity contribution is 0.159. The van der Waals surface area contributed by atoms with Gasteiger partial charge in [-0.05, 0) is 25.2 Å². The molecule has 0 aliphatic carbocycles. The molecular formula is C13H17BrN2O3. The van der Waals surface area contributed by atoms with Gasteiger partial charge in [-0.3, -0.25) is 4.57 Å². The first-order chi connectivity index (χ1) is 9.11. The Kier molecular flexibility index (Phi) is 4.79. The number of fused-ring (bicyclic) bond motifs is 1. The summed E-state index contributed by atoms with van der Waals surface area (Å²) in [6.45, 7) is 2.89. The van der Waals surface area contributed by atoms with E-state index in [-0.39, 0.29) is 5.76 Å². The van der Waals surface area contributed by atoms with E-state index < -0.39 is 0 Å². The highest BCUT2D eigenvalue weighted by molar-refractivity contribution is 9.10. The molecule has 1 aromatic carbocycles. The van der Waals surface area contributed by atoms with Gasteiger partial charge in [0.2, 0.25) is 0 Å². The number of hydrogen-bond acceptors (Lipinski definition) is 4. The summed E-state index contributed by atoms with van der Waals surface area (Å²) < 4.78 is 12.8. The van der Waals surface area contributed by atoms with Gasteiger partial charge in [-0.15, -0.1) is 0 Å². The molecular weight excluding hydrogens is 312 g/mol. The second-order valence-electron chi connectivity index (χ2n) is 4.43. The maximum Gasteiger partial charge on any atom is 0.419 e. The van der Waals surface area contributed by atoms with Crippen LogP contribution in [0.3, 0.4) is 0 Å². The first-order valence-electron chi connectivity index (χ1n) is 6.08. The van der Waals surface area contributed by atoms with E-state index in [9.17, 15) is 4.79 Å². The van der Waals surface area contributed by atoms with Gasteiger partial charge in [0.05, 0.1) is 12.1 Å². The maximum absolute atomic E-state index is 11.8. The van der Waals surface area contributed by atoms with Gasteiger partial charge in [-0.1, -0.05) is 15.9 Å². The number of nitrogens with zero attached hydrogens (tertiary/aromatic N) is 2. The average molecular weight is 329 g/mol. The maximum atomic E-state index is 11.8. The first-order valence-corrected chi connectivity index (χ1v) is 6.87. The molecule has 0 bridgehead atoms. The van der Waals surface area contributed by atoms with Crippen LogP contribution in [0.25, 0.3) is 11.1 Å². The number of rotatable bonds is 6. The van der Waals surface area contributed by atoms with Gasteiger partial charge in [0, 0.05) is 31.2 Å². The van der Waals surface area contributed by atoms with E-state index in [0.29, 0.717) is 18.7 Å². The molecule has 6 heteroatoms. The molecule has 0 unspecified atom stereocenters. The van der Waals surface area contributed by atoms with Gasteiger partial charge < -0.3 is 14.1 Å². The molecule has 104 valence electrons. The molecule has 0 atom stereocenters.